The summed E-state index contributed by atoms with van der Waals surface area (Å²) >= 11 is 0. The van der Waals surface area contributed by atoms with Crippen LogP contribution in [0.5, 0.6) is 0 Å². The van der Waals surface area contributed by atoms with Crippen molar-refractivity contribution in [3.8, 4) is 6.07 Å². The van der Waals surface area contributed by atoms with Gasteiger partial charge in [0.25, 0.3) is 5.91 Å². The number of carbonyl (C=O) groups excluding carboxylic acids is 2. The largest absolute Gasteiger partial charge is 0.462 e. The van der Waals surface area contributed by atoms with Gasteiger partial charge in [-0.05, 0) is 43.3 Å². The van der Waals surface area contributed by atoms with Crippen LogP contribution in [0.3, 0.4) is 0 Å². The number of esters is 1. The van der Waals surface area contributed by atoms with Gasteiger partial charge in [-0.15, -0.1) is 0 Å². The van der Waals surface area contributed by atoms with Gasteiger partial charge < -0.3 is 15.4 Å². The number of rotatable bonds is 6. The number of anilines is 3. The number of benzene rings is 2. The molecular weight excluding hydrogens is 368 g/mol. The van der Waals surface area contributed by atoms with Gasteiger partial charge in [0, 0.05) is 11.9 Å². The zero-order valence-corrected chi connectivity index (χ0v) is 15.7. The molecule has 0 aliphatic carbocycles. The molecule has 3 rings (SSSR count). The highest BCUT2D eigenvalue weighted by Crippen LogP contribution is 2.21. The fourth-order valence-electron chi connectivity index (χ4n) is 2.64. The zero-order valence-electron chi connectivity index (χ0n) is 15.7. The van der Waals surface area contributed by atoms with E-state index < -0.39 is 11.9 Å². The van der Waals surface area contributed by atoms with Crippen molar-refractivity contribution in [2.24, 2.45) is 0 Å². The molecule has 1 heterocycles. The number of amides is 1. The number of nitrogens with one attached hydrogen (secondary N) is 2. The number of carbonyl (C=O) groups is 2. The predicted octanol–water partition coefficient (Wildman–Crippen LogP) is 4.13. The maximum atomic E-state index is 12.7. The van der Waals surface area contributed by atoms with E-state index in [2.05, 4.69) is 21.7 Å². The Morgan fingerprint density at radius 3 is 2.55 bits per heavy atom. The predicted molar refractivity (Wildman–Crippen MR) is 109 cm³/mol. The van der Waals surface area contributed by atoms with Crippen LogP contribution in [0, 0.1) is 11.3 Å². The first-order valence-electron chi connectivity index (χ1n) is 8.92. The number of pyridine rings is 1. The second kappa shape index (κ2) is 9.15. The Bertz CT molecular complexity index is 1090. The molecule has 1 aromatic heterocycles. The zero-order chi connectivity index (χ0) is 20.6. The second-order valence-corrected chi connectivity index (χ2v) is 5.93. The van der Waals surface area contributed by atoms with Crippen molar-refractivity contribution in [2.45, 2.75) is 6.92 Å². The number of aromatic nitrogens is 1. The Kier molecular flexibility index (Phi) is 6.18. The number of nitriles is 1. The van der Waals surface area contributed by atoms with Crippen LogP contribution >= 0.6 is 0 Å². The fraction of sp³-hybridized carbons (Fsp3) is 0.0909. The minimum Gasteiger partial charge on any atom is -0.462 e. The molecule has 29 heavy (non-hydrogen) atoms. The van der Waals surface area contributed by atoms with Gasteiger partial charge in [-0.25, -0.2) is 4.79 Å². The van der Waals surface area contributed by atoms with Gasteiger partial charge >= 0.3 is 5.97 Å². The van der Waals surface area contributed by atoms with Crippen LogP contribution in [0.2, 0.25) is 0 Å². The van der Waals surface area contributed by atoms with Crippen molar-refractivity contribution in [1.82, 2.24) is 4.98 Å². The lowest BCUT2D eigenvalue weighted by molar-refractivity contribution is 0.0527. The maximum Gasteiger partial charge on any atom is 0.340 e. The van der Waals surface area contributed by atoms with Gasteiger partial charge in [-0.3, -0.25) is 9.78 Å². The van der Waals surface area contributed by atoms with Crippen molar-refractivity contribution in [3.63, 3.8) is 0 Å². The second-order valence-electron chi connectivity index (χ2n) is 5.93. The molecule has 0 bridgehead atoms. The first-order valence-corrected chi connectivity index (χ1v) is 8.92. The van der Waals surface area contributed by atoms with E-state index >= 15 is 0 Å². The van der Waals surface area contributed by atoms with E-state index in [1.54, 1.807) is 61.5 Å². The van der Waals surface area contributed by atoms with Crippen LogP contribution in [-0.2, 0) is 4.74 Å². The van der Waals surface area contributed by atoms with Crippen LogP contribution < -0.4 is 10.6 Å². The minimum atomic E-state index is -0.514. The third kappa shape index (κ3) is 4.76. The Morgan fingerprint density at radius 2 is 1.79 bits per heavy atom. The molecule has 0 saturated carbocycles. The Hall–Kier alpha value is -4.18. The fourth-order valence-corrected chi connectivity index (χ4v) is 2.64. The maximum absolute atomic E-state index is 12.7. The molecule has 144 valence electrons. The van der Waals surface area contributed by atoms with Gasteiger partial charge in [0.1, 0.15) is 11.8 Å². The van der Waals surface area contributed by atoms with Crippen molar-refractivity contribution in [1.29, 1.82) is 5.26 Å². The molecular formula is C22H18N4O3. The smallest absolute Gasteiger partial charge is 0.340 e. The molecule has 2 aromatic carbocycles. The highest BCUT2D eigenvalue weighted by Gasteiger charge is 2.16. The van der Waals surface area contributed by atoms with E-state index in [0.717, 1.165) is 0 Å². The van der Waals surface area contributed by atoms with Crippen molar-refractivity contribution in [3.05, 3.63) is 83.7 Å². The molecule has 0 fully saturated rings. The summed E-state index contributed by atoms with van der Waals surface area (Å²) in [5, 5.41) is 15.0. The normalized spacial score (nSPS) is 9.93. The Morgan fingerprint density at radius 1 is 1.07 bits per heavy atom. The van der Waals surface area contributed by atoms with Gasteiger partial charge in [-0.1, -0.05) is 24.3 Å². The monoisotopic (exact) mass is 386 g/mol. The minimum absolute atomic E-state index is 0.156. The summed E-state index contributed by atoms with van der Waals surface area (Å²) in [6.45, 7) is 1.95. The van der Waals surface area contributed by atoms with Crippen LogP contribution in [0.1, 0.15) is 33.3 Å². The molecule has 0 atom stereocenters. The summed E-state index contributed by atoms with van der Waals surface area (Å²) in [4.78, 5) is 28.8. The summed E-state index contributed by atoms with van der Waals surface area (Å²) < 4.78 is 5.02. The quantitative estimate of drug-likeness (QED) is 0.618. The standard InChI is InChI=1S/C22H18N4O3/c1-2-29-22(28)17-8-4-6-10-19(17)26-21(27)20-13-16(11-12-24-20)25-18-9-5-3-7-15(18)14-23/h3-13H,2H2,1H3,(H,24,25)(H,26,27). The molecule has 7 nitrogen and oxygen atoms in total. The van der Waals surface area contributed by atoms with E-state index in [9.17, 15) is 14.9 Å². The number of hydrogen-bond acceptors (Lipinski definition) is 6. The molecule has 0 aliphatic heterocycles. The van der Waals surface area contributed by atoms with Gasteiger partial charge in [0.15, 0.2) is 0 Å². The van der Waals surface area contributed by atoms with Crippen LogP contribution in [0.25, 0.3) is 0 Å². The molecule has 0 radical (unpaired) electrons. The summed E-state index contributed by atoms with van der Waals surface area (Å²) in [6.07, 6.45) is 1.49. The molecule has 0 unspecified atom stereocenters. The highest BCUT2D eigenvalue weighted by atomic mass is 16.5. The van der Waals surface area contributed by atoms with Crippen molar-refractivity contribution in [2.75, 3.05) is 17.2 Å². The number of hydrogen-bond donors (Lipinski definition) is 2. The van der Waals surface area contributed by atoms with E-state index in [4.69, 9.17) is 4.74 Å². The lowest BCUT2D eigenvalue weighted by Gasteiger charge is -2.11. The van der Waals surface area contributed by atoms with Gasteiger partial charge in [0.2, 0.25) is 0 Å². The third-order valence-corrected chi connectivity index (χ3v) is 3.99. The average Bonchev–Trinajstić information content (AvgIpc) is 2.75. The highest BCUT2D eigenvalue weighted by molar-refractivity contribution is 6.07. The molecule has 0 aliphatic rings. The van der Waals surface area contributed by atoms with E-state index in [1.807, 2.05) is 6.07 Å². The summed E-state index contributed by atoms with van der Waals surface area (Å²) in [6, 6.07) is 19.0. The van der Waals surface area contributed by atoms with Crippen molar-refractivity contribution >= 4 is 28.9 Å². The van der Waals surface area contributed by atoms with E-state index in [1.165, 1.54) is 6.20 Å². The first-order chi connectivity index (χ1) is 14.1. The van der Waals surface area contributed by atoms with E-state index in [-0.39, 0.29) is 17.9 Å². The van der Waals surface area contributed by atoms with Crippen LogP contribution in [0.15, 0.2) is 66.9 Å². The van der Waals surface area contributed by atoms with Gasteiger partial charge in [0.05, 0.1) is 29.1 Å². The van der Waals surface area contributed by atoms with Crippen LogP contribution in [-0.4, -0.2) is 23.5 Å². The lowest BCUT2D eigenvalue weighted by Crippen LogP contribution is -2.17. The number of nitrogens with zero attached hydrogens (tertiary/aromatic N) is 2. The summed E-state index contributed by atoms with van der Waals surface area (Å²) in [5.74, 6) is -0.987. The Balaban J connectivity index is 1.81. The molecule has 2 N–H and O–H groups in total. The molecule has 0 spiro atoms. The number of para-hydroxylation sites is 2. The van der Waals surface area contributed by atoms with Gasteiger partial charge in [-0.2, -0.15) is 5.26 Å². The molecule has 1 amide bonds. The lowest BCUT2D eigenvalue weighted by atomic mass is 10.1. The SMILES string of the molecule is CCOC(=O)c1ccccc1NC(=O)c1cc(Nc2ccccc2C#N)ccn1. The Labute approximate surface area is 168 Å². The van der Waals surface area contributed by atoms with Crippen molar-refractivity contribution < 1.29 is 14.3 Å². The molecule has 7 heteroatoms. The topological polar surface area (TPSA) is 104 Å². The number of ether oxygens (including phenoxy) is 1. The third-order valence-electron chi connectivity index (χ3n) is 3.99. The first kappa shape index (κ1) is 19.6. The molecule has 0 saturated heterocycles. The van der Waals surface area contributed by atoms with E-state index in [0.29, 0.717) is 22.6 Å². The summed E-state index contributed by atoms with van der Waals surface area (Å²) in [7, 11) is 0. The van der Waals surface area contributed by atoms with Crippen LogP contribution in [0.4, 0.5) is 17.1 Å². The summed E-state index contributed by atoms with van der Waals surface area (Å²) in [5.41, 5.74) is 2.47. The average molecular weight is 386 g/mol. The molecule has 3 aromatic rings.